The molecule has 29 heavy (non-hydrogen) atoms. The lowest BCUT2D eigenvalue weighted by Crippen LogP contribution is -2.19. The maximum absolute atomic E-state index is 12.5. The van der Waals surface area contributed by atoms with Crippen LogP contribution >= 0.6 is 11.8 Å². The zero-order valence-corrected chi connectivity index (χ0v) is 18.0. The van der Waals surface area contributed by atoms with Gasteiger partial charge in [0, 0.05) is 25.2 Å². The molecule has 0 bridgehead atoms. The summed E-state index contributed by atoms with van der Waals surface area (Å²) in [6.07, 6.45) is 1.28. The van der Waals surface area contributed by atoms with Gasteiger partial charge in [0.15, 0.2) is 10.9 Å². The molecule has 2 rings (SSSR count). The van der Waals surface area contributed by atoms with Crippen LogP contribution in [0.3, 0.4) is 0 Å². The lowest BCUT2D eigenvalue weighted by Gasteiger charge is -2.12. The van der Waals surface area contributed by atoms with Crippen LogP contribution in [0.15, 0.2) is 47.5 Å². The number of pyridine rings is 1. The summed E-state index contributed by atoms with van der Waals surface area (Å²) in [6, 6.07) is 8.95. The van der Waals surface area contributed by atoms with Crippen molar-refractivity contribution in [3.63, 3.8) is 0 Å². The van der Waals surface area contributed by atoms with E-state index in [1.165, 1.54) is 37.4 Å². The highest BCUT2D eigenvalue weighted by molar-refractivity contribution is 8.14. The summed E-state index contributed by atoms with van der Waals surface area (Å²) in [6.45, 7) is 2.63. The molecular formula is C19H23N3O5S2. The first-order chi connectivity index (χ1) is 13.7. The molecule has 10 heteroatoms. The van der Waals surface area contributed by atoms with Crippen LogP contribution < -0.4 is 9.46 Å². The van der Waals surface area contributed by atoms with E-state index in [-0.39, 0.29) is 27.4 Å². The predicted molar refractivity (Wildman–Crippen MR) is 113 cm³/mol. The minimum Gasteiger partial charge on any atom is -0.492 e. The molecule has 0 fully saturated rings. The van der Waals surface area contributed by atoms with Crippen molar-refractivity contribution in [1.29, 1.82) is 0 Å². The molecule has 1 aromatic carbocycles. The van der Waals surface area contributed by atoms with Crippen LogP contribution in [0.25, 0.3) is 0 Å². The molecule has 0 spiro atoms. The van der Waals surface area contributed by atoms with Crippen LogP contribution in [0.4, 0.5) is 5.82 Å². The number of nitrogens with zero attached hydrogens (tertiary/aromatic N) is 2. The van der Waals surface area contributed by atoms with E-state index in [9.17, 15) is 18.0 Å². The second-order valence-electron chi connectivity index (χ2n) is 6.36. The van der Waals surface area contributed by atoms with Gasteiger partial charge >= 0.3 is 0 Å². The second kappa shape index (κ2) is 10.4. The lowest BCUT2D eigenvalue weighted by atomic mass is 10.2. The Kier molecular flexibility index (Phi) is 8.18. The molecule has 1 aromatic heterocycles. The van der Waals surface area contributed by atoms with E-state index < -0.39 is 10.0 Å². The molecule has 1 N–H and O–H groups in total. The zero-order valence-electron chi connectivity index (χ0n) is 16.4. The molecule has 0 unspecified atom stereocenters. The summed E-state index contributed by atoms with van der Waals surface area (Å²) in [5.41, 5.74) is 0.306. The average molecular weight is 438 g/mol. The molecule has 0 aliphatic carbocycles. The van der Waals surface area contributed by atoms with Gasteiger partial charge in [0.25, 0.3) is 10.0 Å². The number of ketones is 1. The minimum atomic E-state index is -3.83. The van der Waals surface area contributed by atoms with Crippen LogP contribution in [0.5, 0.6) is 5.75 Å². The van der Waals surface area contributed by atoms with Crippen LogP contribution in [-0.2, 0) is 14.8 Å². The third kappa shape index (κ3) is 7.48. The smallest absolute Gasteiger partial charge is 0.263 e. The van der Waals surface area contributed by atoms with Crippen molar-refractivity contribution in [3.05, 3.63) is 48.2 Å². The molecule has 2 aromatic rings. The number of Topliss-reactive ketones (excluding diaryl/α,β-unsaturated/α-hetero) is 1. The first kappa shape index (κ1) is 22.9. The number of benzene rings is 1. The number of ether oxygens (including phenoxy) is 1. The van der Waals surface area contributed by atoms with E-state index in [4.69, 9.17) is 4.74 Å². The van der Waals surface area contributed by atoms with E-state index in [1.807, 2.05) is 19.0 Å². The predicted octanol–water partition coefficient (Wildman–Crippen LogP) is 2.29. The topological polar surface area (TPSA) is 106 Å². The van der Waals surface area contributed by atoms with Gasteiger partial charge in [0.1, 0.15) is 18.2 Å². The molecule has 0 radical (unpaired) electrons. The normalized spacial score (nSPS) is 11.3. The fourth-order valence-electron chi connectivity index (χ4n) is 2.13. The first-order valence-electron chi connectivity index (χ1n) is 8.70. The van der Waals surface area contributed by atoms with Crippen LogP contribution in [0.2, 0.25) is 0 Å². The monoisotopic (exact) mass is 437 g/mol. The quantitative estimate of drug-likeness (QED) is 0.565. The maximum Gasteiger partial charge on any atom is 0.263 e. The number of hydrogen-bond acceptors (Lipinski definition) is 8. The molecular weight excluding hydrogens is 414 g/mol. The lowest BCUT2D eigenvalue weighted by molar-refractivity contribution is -0.109. The van der Waals surface area contributed by atoms with Crippen LogP contribution in [-0.4, -0.2) is 62.2 Å². The minimum absolute atomic E-state index is 0.0189. The summed E-state index contributed by atoms with van der Waals surface area (Å²) in [4.78, 5) is 28.9. The highest BCUT2D eigenvalue weighted by Crippen LogP contribution is 2.19. The van der Waals surface area contributed by atoms with Crippen molar-refractivity contribution in [3.8, 4) is 5.75 Å². The summed E-state index contributed by atoms with van der Waals surface area (Å²) in [5, 5.41) is -0.148. The van der Waals surface area contributed by atoms with E-state index in [0.717, 1.165) is 18.3 Å². The average Bonchev–Trinajstić information content (AvgIpc) is 2.66. The summed E-state index contributed by atoms with van der Waals surface area (Å²) in [7, 11) is 0.0450. The number of aromatic nitrogens is 1. The van der Waals surface area contributed by atoms with Gasteiger partial charge in [-0.2, -0.15) is 0 Å². The van der Waals surface area contributed by atoms with E-state index in [2.05, 4.69) is 9.71 Å². The Labute approximate surface area is 174 Å². The van der Waals surface area contributed by atoms with Gasteiger partial charge in [-0.3, -0.25) is 14.3 Å². The number of likely N-dealkylation sites (N-methyl/N-ethyl adjacent to an activating group) is 1. The zero-order chi connectivity index (χ0) is 21.4. The maximum atomic E-state index is 12.5. The van der Waals surface area contributed by atoms with Crippen molar-refractivity contribution in [2.24, 2.45) is 0 Å². The highest BCUT2D eigenvalue weighted by Gasteiger charge is 2.16. The van der Waals surface area contributed by atoms with Crippen LogP contribution in [0.1, 0.15) is 17.3 Å². The van der Waals surface area contributed by atoms with Crippen molar-refractivity contribution >= 4 is 38.5 Å². The van der Waals surface area contributed by atoms with Crippen molar-refractivity contribution in [1.82, 2.24) is 9.88 Å². The van der Waals surface area contributed by atoms with Crippen LogP contribution in [0, 0.1) is 0 Å². The number of sulfonamides is 1. The Morgan fingerprint density at radius 2 is 1.83 bits per heavy atom. The summed E-state index contributed by atoms with van der Waals surface area (Å²) in [5.74, 6) is 0.435. The largest absolute Gasteiger partial charge is 0.492 e. The third-order valence-electron chi connectivity index (χ3n) is 3.67. The number of carbonyl (C=O) groups is 2. The highest BCUT2D eigenvalue weighted by atomic mass is 32.2. The van der Waals surface area contributed by atoms with Gasteiger partial charge in [0.05, 0.1) is 10.6 Å². The fraction of sp³-hybridized carbons (Fsp3) is 0.316. The second-order valence-corrected chi connectivity index (χ2v) is 9.20. The first-order valence-corrected chi connectivity index (χ1v) is 11.2. The number of hydrogen-bond donors (Lipinski definition) is 1. The van der Waals surface area contributed by atoms with Crippen molar-refractivity contribution < 1.29 is 22.7 Å². The van der Waals surface area contributed by atoms with Gasteiger partial charge in [-0.1, -0.05) is 11.8 Å². The third-order valence-corrected chi connectivity index (χ3v) is 5.86. The van der Waals surface area contributed by atoms with Gasteiger partial charge in [-0.15, -0.1) is 0 Å². The van der Waals surface area contributed by atoms with E-state index in [1.54, 1.807) is 12.1 Å². The Morgan fingerprint density at radius 3 is 2.38 bits per heavy atom. The molecule has 0 atom stereocenters. The number of rotatable bonds is 10. The van der Waals surface area contributed by atoms with Crippen molar-refractivity contribution in [2.45, 2.75) is 11.8 Å². The molecule has 156 valence electrons. The van der Waals surface area contributed by atoms with Gasteiger partial charge in [0.2, 0.25) is 0 Å². The number of anilines is 1. The van der Waals surface area contributed by atoms with E-state index in [0.29, 0.717) is 17.9 Å². The molecule has 0 amide bonds. The van der Waals surface area contributed by atoms with Crippen molar-refractivity contribution in [2.75, 3.05) is 37.7 Å². The summed E-state index contributed by atoms with van der Waals surface area (Å²) >= 11 is 0.913. The molecule has 0 aliphatic rings. The van der Waals surface area contributed by atoms with Gasteiger partial charge < -0.3 is 9.64 Å². The van der Waals surface area contributed by atoms with E-state index >= 15 is 0 Å². The van der Waals surface area contributed by atoms with Gasteiger partial charge in [-0.25, -0.2) is 13.4 Å². The molecule has 0 saturated heterocycles. The standard InChI is InChI=1S/C19H23N3O5S2/c1-14(23)28-13-18(24)15-4-9-19(20-12-15)21-29(25,26)17-7-5-16(6-8-17)27-11-10-22(2)3/h4-9,12H,10-11,13H2,1-3H3,(H,20,21). The van der Waals surface area contributed by atoms with Gasteiger partial charge in [-0.05, 0) is 50.5 Å². The molecule has 0 saturated carbocycles. The molecule has 1 heterocycles. The number of thioether (sulfide) groups is 1. The Morgan fingerprint density at radius 1 is 1.14 bits per heavy atom. The molecule has 8 nitrogen and oxygen atoms in total. The summed E-state index contributed by atoms with van der Waals surface area (Å²) < 4.78 is 32.9. The Bertz CT molecular complexity index is 943. The number of nitrogens with one attached hydrogen (secondary N) is 1. The Balaban J connectivity index is 1.99. The Hall–Kier alpha value is -2.43. The SMILES string of the molecule is CC(=O)SCC(=O)c1ccc(NS(=O)(=O)c2ccc(OCCN(C)C)cc2)nc1. The fourth-order valence-corrected chi connectivity index (χ4v) is 3.64. The number of carbonyl (C=O) groups excluding carboxylic acids is 2. The molecule has 0 aliphatic heterocycles.